The van der Waals surface area contributed by atoms with Crippen molar-refractivity contribution in [3.63, 3.8) is 0 Å². The number of rotatable bonds is 12. The van der Waals surface area contributed by atoms with Gasteiger partial charge in [0.15, 0.2) is 8.32 Å². The van der Waals surface area contributed by atoms with Gasteiger partial charge in [0.25, 0.3) is 0 Å². The molecule has 0 saturated carbocycles. The highest BCUT2D eigenvalue weighted by molar-refractivity contribution is 6.82. The summed E-state index contributed by atoms with van der Waals surface area (Å²) in [6, 6.07) is 1.30. The van der Waals surface area contributed by atoms with Gasteiger partial charge in [0.2, 0.25) is 0 Å². The highest BCUT2D eigenvalue weighted by Gasteiger charge is 2.39. The van der Waals surface area contributed by atoms with Gasteiger partial charge in [0.1, 0.15) is 5.60 Å². The van der Waals surface area contributed by atoms with Crippen molar-refractivity contribution >= 4 is 16.9 Å². The molecule has 0 saturated heterocycles. The van der Waals surface area contributed by atoms with E-state index >= 15 is 0 Å². The lowest BCUT2D eigenvalue weighted by Crippen LogP contribution is -2.49. The topological polar surface area (TPSA) is 88.4 Å². The van der Waals surface area contributed by atoms with Crippen LogP contribution in [0.15, 0.2) is 0 Å². The molecule has 0 aromatic heterocycles. The van der Waals surface area contributed by atoms with Crippen molar-refractivity contribution in [1.82, 2.24) is 0 Å². The van der Waals surface area contributed by atoms with Crippen molar-refractivity contribution in [3.8, 4) is 0 Å². The summed E-state index contributed by atoms with van der Waals surface area (Å²) < 4.78 is 17.4. The maximum absolute atomic E-state index is 9.89. The molecule has 0 aliphatic rings. The van der Waals surface area contributed by atoms with Crippen molar-refractivity contribution in [1.29, 1.82) is 0 Å². The highest BCUT2D eigenvalue weighted by Crippen LogP contribution is 2.25. The lowest BCUT2D eigenvalue weighted by molar-refractivity contribution is -0.102. The van der Waals surface area contributed by atoms with Crippen molar-refractivity contribution in [3.05, 3.63) is 0 Å². The molecule has 0 aromatic carbocycles. The Kier molecular flexibility index (Phi) is 9.56. The van der Waals surface area contributed by atoms with Gasteiger partial charge in [-0.25, -0.2) is 0 Å². The number of aliphatic hydroxyl groups is 3. The van der Waals surface area contributed by atoms with E-state index in [-0.39, 0.29) is 13.2 Å². The maximum atomic E-state index is 9.89. The molecule has 22 heavy (non-hydrogen) atoms. The number of hydrogen-bond acceptors (Lipinski definition) is 6. The first-order chi connectivity index (χ1) is 9.98. The lowest BCUT2D eigenvalue weighted by Gasteiger charge is -2.35. The van der Waals surface area contributed by atoms with Crippen molar-refractivity contribution in [2.24, 2.45) is 0 Å². The number of hydrogen-bond donors (Lipinski definition) is 3. The SMILES string of the molecule is CO[Si](CCO)(CCCOCC(C)(O)C(C)O)O[Si](C)(C)C. The minimum Gasteiger partial charge on any atom is -0.436 e. The van der Waals surface area contributed by atoms with Crippen LogP contribution in [0.2, 0.25) is 31.7 Å². The van der Waals surface area contributed by atoms with E-state index in [2.05, 4.69) is 19.6 Å². The van der Waals surface area contributed by atoms with Crippen molar-refractivity contribution in [2.75, 3.05) is 26.9 Å². The average Bonchev–Trinajstić information content (AvgIpc) is 2.36. The van der Waals surface area contributed by atoms with Crippen LogP contribution in [-0.4, -0.2) is 70.8 Å². The Balaban J connectivity index is 4.36. The van der Waals surface area contributed by atoms with Gasteiger partial charge < -0.3 is 28.6 Å². The molecule has 134 valence electrons. The first-order valence-electron chi connectivity index (χ1n) is 7.82. The van der Waals surface area contributed by atoms with Gasteiger partial charge >= 0.3 is 8.56 Å². The molecule has 0 aliphatic heterocycles. The van der Waals surface area contributed by atoms with E-state index < -0.39 is 28.6 Å². The molecule has 0 rings (SSSR count). The Morgan fingerprint density at radius 1 is 1.18 bits per heavy atom. The third-order valence-corrected chi connectivity index (χ3v) is 10.3. The fourth-order valence-corrected chi connectivity index (χ4v) is 9.34. The molecule has 3 atom stereocenters. The third kappa shape index (κ3) is 8.73. The zero-order valence-electron chi connectivity index (χ0n) is 14.9. The molecule has 0 spiro atoms. The van der Waals surface area contributed by atoms with Crippen molar-refractivity contribution in [2.45, 2.75) is 63.7 Å². The van der Waals surface area contributed by atoms with E-state index in [1.54, 1.807) is 14.0 Å². The summed E-state index contributed by atoms with van der Waals surface area (Å²) in [6.07, 6.45) is -0.106. The summed E-state index contributed by atoms with van der Waals surface area (Å²) in [4.78, 5) is 0. The van der Waals surface area contributed by atoms with Crippen molar-refractivity contribution < 1.29 is 28.6 Å². The molecular weight excluding hydrogens is 320 g/mol. The molecule has 0 heterocycles. The van der Waals surface area contributed by atoms with E-state index in [0.29, 0.717) is 12.7 Å². The monoisotopic (exact) mass is 354 g/mol. The summed E-state index contributed by atoms with van der Waals surface area (Å²) in [5, 5.41) is 28.6. The normalized spacial score (nSPS) is 19.5. The first-order valence-corrected chi connectivity index (χ1v) is 13.5. The van der Waals surface area contributed by atoms with Gasteiger partial charge in [-0.15, -0.1) is 0 Å². The van der Waals surface area contributed by atoms with Crippen LogP contribution >= 0.6 is 0 Å². The second-order valence-corrected chi connectivity index (χ2v) is 15.3. The van der Waals surface area contributed by atoms with Gasteiger partial charge in [0, 0.05) is 26.4 Å². The molecule has 0 bridgehead atoms. The fraction of sp³-hybridized carbons (Fsp3) is 1.00. The number of aliphatic hydroxyl groups excluding tert-OH is 2. The minimum atomic E-state index is -2.40. The van der Waals surface area contributed by atoms with Crippen LogP contribution < -0.4 is 0 Å². The Labute approximate surface area is 136 Å². The first kappa shape index (κ1) is 22.2. The Bertz CT molecular complexity index is 306. The third-order valence-electron chi connectivity index (χ3n) is 3.50. The van der Waals surface area contributed by atoms with Gasteiger partial charge in [0.05, 0.1) is 12.7 Å². The molecule has 3 N–H and O–H groups in total. The van der Waals surface area contributed by atoms with Gasteiger partial charge in [-0.05, 0) is 46.0 Å². The molecular formula is C14H34O6Si2. The van der Waals surface area contributed by atoms with Crippen LogP contribution in [0.25, 0.3) is 0 Å². The van der Waals surface area contributed by atoms with E-state index in [1.807, 2.05) is 0 Å². The smallest absolute Gasteiger partial charge is 0.330 e. The Hall–Kier alpha value is 0.194. The molecule has 3 unspecified atom stereocenters. The van der Waals surface area contributed by atoms with Gasteiger partial charge in [-0.3, -0.25) is 0 Å². The predicted molar refractivity (Wildman–Crippen MR) is 91.6 cm³/mol. The summed E-state index contributed by atoms with van der Waals surface area (Å²) in [6.45, 7) is 10.0. The standard InChI is InChI=1S/C14H34O6Si2/c1-13(16)14(2,17)12-19-9-7-10-22(18-3,11-8-15)20-21(4,5)6/h13,15-17H,7-12H2,1-6H3. The largest absolute Gasteiger partial charge is 0.436 e. The molecule has 0 radical (unpaired) electrons. The predicted octanol–water partition coefficient (Wildman–Crippen LogP) is 1.46. The van der Waals surface area contributed by atoms with E-state index in [1.165, 1.54) is 6.92 Å². The minimum absolute atomic E-state index is 0.0577. The van der Waals surface area contributed by atoms with Gasteiger partial charge in [-0.1, -0.05) is 0 Å². The van der Waals surface area contributed by atoms with E-state index in [0.717, 1.165) is 12.5 Å². The van der Waals surface area contributed by atoms with Gasteiger partial charge in [-0.2, -0.15) is 0 Å². The van der Waals surface area contributed by atoms with E-state index in [4.69, 9.17) is 13.3 Å². The van der Waals surface area contributed by atoms with Crippen LogP contribution in [-0.2, 0) is 13.3 Å². The van der Waals surface area contributed by atoms with Crippen LogP contribution in [0.5, 0.6) is 0 Å². The number of ether oxygens (including phenoxy) is 1. The molecule has 6 nitrogen and oxygen atoms in total. The molecule has 0 fully saturated rings. The molecule has 0 aliphatic carbocycles. The van der Waals surface area contributed by atoms with E-state index in [9.17, 15) is 15.3 Å². The zero-order valence-corrected chi connectivity index (χ0v) is 16.9. The summed E-state index contributed by atoms with van der Waals surface area (Å²) >= 11 is 0. The Morgan fingerprint density at radius 2 is 1.77 bits per heavy atom. The fourth-order valence-electron chi connectivity index (χ4n) is 2.04. The average molecular weight is 355 g/mol. The second kappa shape index (κ2) is 9.48. The Morgan fingerprint density at radius 3 is 2.18 bits per heavy atom. The lowest BCUT2D eigenvalue weighted by atomic mass is 10.0. The second-order valence-electron chi connectivity index (χ2n) is 6.99. The van der Waals surface area contributed by atoms with Crippen LogP contribution in [0.4, 0.5) is 0 Å². The van der Waals surface area contributed by atoms with Crippen LogP contribution in [0.1, 0.15) is 20.3 Å². The summed E-state index contributed by atoms with van der Waals surface area (Å²) in [5.41, 5.74) is -1.24. The molecule has 0 amide bonds. The van der Waals surface area contributed by atoms with Crippen LogP contribution in [0, 0.1) is 0 Å². The molecule has 8 heteroatoms. The quantitative estimate of drug-likeness (QED) is 0.363. The van der Waals surface area contributed by atoms with Crippen LogP contribution in [0.3, 0.4) is 0 Å². The summed E-state index contributed by atoms with van der Waals surface area (Å²) in [5.74, 6) is 0. The maximum Gasteiger partial charge on any atom is 0.330 e. The highest BCUT2D eigenvalue weighted by atomic mass is 28.4. The molecule has 0 aromatic rings. The summed E-state index contributed by atoms with van der Waals surface area (Å²) in [7, 11) is -2.50. The zero-order chi connectivity index (χ0) is 17.4.